The molecular formula is C18H21N5O4S. The Hall–Kier alpha value is -3.01. The maximum absolute atomic E-state index is 12.1. The number of rotatable bonds is 6. The van der Waals surface area contributed by atoms with E-state index in [-0.39, 0.29) is 29.9 Å². The Bertz CT molecular complexity index is 1010. The van der Waals surface area contributed by atoms with Gasteiger partial charge in [-0.1, -0.05) is 0 Å². The van der Waals surface area contributed by atoms with Gasteiger partial charge in [0.05, 0.1) is 18.0 Å². The van der Waals surface area contributed by atoms with Gasteiger partial charge in [-0.2, -0.15) is 0 Å². The van der Waals surface area contributed by atoms with E-state index < -0.39 is 9.84 Å². The Labute approximate surface area is 162 Å². The molecule has 1 aliphatic heterocycles. The zero-order chi connectivity index (χ0) is 20.3. The number of carbonyl (C=O) groups excluding carboxylic acids is 2. The fourth-order valence-corrected chi connectivity index (χ4v) is 3.62. The lowest BCUT2D eigenvalue weighted by Crippen LogP contribution is -2.33. The zero-order valence-electron chi connectivity index (χ0n) is 15.4. The van der Waals surface area contributed by atoms with Crippen molar-refractivity contribution in [2.45, 2.75) is 18.6 Å². The molecule has 1 saturated heterocycles. The maximum Gasteiger partial charge on any atom is 0.243 e. The van der Waals surface area contributed by atoms with Gasteiger partial charge in [-0.05, 0) is 30.7 Å². The van der Waals surface area contributed by atoms with Gasteiger partial charge < -0.3 is 16.0 Å². The lowest BCUT2D eigenvalue weighted by atomic mass is 10.2. The predicted octanol–water partition coefficient (Wildman–Crippen LogP) is 0.831. The maximum atomic E-state index is 12.1. The Morgan fingerprint density at radius 1 is 1.25 bits per heavy atom. The molecule has 0 saturated carbocycles. The molecule has 1 aromatic carbocycles. The molecule has 1 aliphatic rings. The smallest absolute Gasteiger partial charge is 0.243 e. The standard InChI is InChI=1S/C18H21N5O4S/c1-28(26,27)11-14-9-15(19)22-18(21-14)12-4-6-13(7-5-12)20-16(24)10-23-8-2-3-17(23)25/h4-7,9H,2-3,8,10-11H2,1H3,(H,20,24)(H2,19,21,22). The van der Waals surface area contributed by atoms with Crippen LogP contribution in [-0.4, -0.2) is 54.4 Å². The van der Waals surface area contributed by atoms with Crippen molar-refractivity contribution in [1.29, 1.82) is 0 Å². The van der Waals surface area contributed by atoms with Gasteiger partial charge in [0.1, 0.15) is 5.82 Å². The number of hydrogen-bond acceptors (Lipinski definition) is 7. The minimum Gasteiger partial charge on any atom is -0.384 e. The molecule has 0 bridgehead atoms. The van der Waals surface area contributed by atoms with Crippen LogP contribution < -0.4 is 11.1 Å². The number of benzene rings is 1. The Morgan fingerprint density at radius 3 is 2.57 bits per heavy atom. The number of aromatic nitrogens is 2. The monoisotopic (exact) mass is 403 g/mol. The molecule has 0 unspecified atom stereocenters. The number of hydrogen-bond donors (Lipinski definition) is 2. The summed E-state index contributed by atoms with van der Waals surface area (Å²) in [5.41, 5.74) is 7.29. The van der Waals surface area contributed by atoms with Gasteiger partial charge in [0.15, 0.2) is 15.7 Å². The van der Waals surface area contributed by atoms with Gasteiger partial charge in [-0.25, -0.2) is 18.4 Å². The van der Waals surface area contributed by atoms with Gasteiger partial charge in [-0.15, -0.1) is 0 Å². The van der Waals surface area contributed by atoms with Crippen LogP contribution in [0.3, 0.4) is 0 Å². The second-order valence-electron chi connectivity index (χ2n) is 6.72. The van der Waals surface area contributed by atoms with E-state index in [9.17, 15) is 18.0 Å². The summed E-state index contributed by atoms with van der Waals surface area (Å²) in [5, 5.41) is 2.74. The van der Waals surface area contributed by atoms with Crippen molar-refractivity contribution in [2.75, 3.05) is 30.4 Å². The number of carbonyl (C=O) groups is 2. The third-order valence-electron chi connectivity index (χ3n) is 4.14. The molecule has 10 heteroatoms. The van der Waals surface area contributed by atoms with Gasteiger partial charge in [-0.3, -0.25) is 9.59 Å². The highest BCUT2D eigenvalue weighted by molar-refractivity contribution is 7.89. The van der Waals surface area contributed by atoms with Gasteiger partial charge in [0.25, 0.3) is 0 Å². The molecule has 3 N–H and O–H groups in total. The number of amides is 2. The molecular weight excluding hydrogens is 382 g/mol. The third kappa shape index (κ3) is 5.26. The fraction of sp³-hybridized carbons (Fsp3) is 0.333. The number of anilines is 2. The van der Waals surface area contributed by atoms with E-state index in [4.69, 9.17) is 5.73 Å². The number of nitrogens with zero attached hydrogens (tertiary/aromatic N) is 3. The number of sulfone groups is 1. The SMILES string of the molecule is CS(=O)(=O)Cc1cc(N)nc(-c2ccc(NC(=O)CN3CCCC3=O)cc2)n1. The highest BCUT2D eigenvalue weighted by Gasteiger charge is 2.22. The molecule has 28 heavy (non-hydrogen) atoms. The van der Waals surface area contributed by atoms with Crippen LogP contribution in [-0.2, 0) is 25.2 Å². The molecule has 2 aromatic rings. The molecule has 1 fully saturated rings. The number of nitrogen functional groups attached to an aromatic ring is 1. The van der Waals surface area contributed by atoms with Crippen molar-refractivity contribution in [3.63, 3.8) is 0 Å². The Balaban J connectivity index is 1.70. The summed E-state index contributed by atoms with van der Waals surface area (Å²) in [7, 11) is -3.25. The van der Waals surface area contributed by atoms with Crippen LogP contribution in [0.2, 0.25) is 0 Å². The van der Waals surface area contributed by atoms with Crippen LogP contribution in [0.4, 0.5) is 11.5 Å². The first-order chi connectivity index (χ1) is 13.2. The molecule has 2 amide bonds. The van der Waals surface area contributed by atoms with Gasteiger partial charge in [0, 0.05) is 36.5 Å². The summed E-state index contributed by atoms with van der Waals surface area (Å²) in [4.78, 5) is 33.6. The highest BCUT2D eigenvalue weighted by Crippen LogP contribution is 2.20. The summed E-state index contributed by atoms with van der Waals surface area (Å²) in [6.07, 6.45) is 2.39. The minimum atomic E-state index is -3.25. The Kier molecular flexibility index (Phi) is 5.59. The lowest BCUT2D eigenvalue weighted by Gasteiger charge is -2.15. The number of likely N-dealkylation sites (tertiary alicyclic amines) is 1. The van der Waals surface area contributed by atoms with Crippen LogP contribution >= 0.6 is 0 Å². The van der Waals surface area contributed by atoms with Crippen molar-refractivity contribution >= 4 is 33.2 Å². The van der Waals surface area contributed by atoms with Crippen molar-refractivity contribution in [3.05, 3.63) is 36.0 Å². The lowest BCUT2D eigenvalue weighted by molar-refractivity contribution is -0.131. The normalized spacial score (nSPS) is 14.3. The van der Waals surface area contributed by atoms with Crippen molar-refractivity contribution < 1.29 is 18.0 Å². The number of nitrogens with two attached hydrogens (primary N) is 1. The van der Waals surface area contributed by atoms with Crippen molar-refractivity contribution in [2.24, 2.45) is 0 Å². The van der Waals surface area contributed by atoms with E-state index in [1.807, 2.05) is 0 Å². The molecule has 148 valence electrons. The van der Waals surface area contributed by atoms with Crippen molar-refractivity contribution in [1.82, 2.24) is 14.9 Å². The molecule has 0 aliphatic carbocycles. The molecule has 0 radical (unpaired) electrons. The van der Waals surface area contributed by atoms with Crippen LogP contribution in [0, 0.1) is 0 Å². The fourth-order valence-electron chi connectivity index (χ4n) is 2.94. The van der Waals surface area contributed by atoms with E-state index in [1.165, 1.54) is 11.0 Å². The van der Waals surface area contributed by atoms with Crippen molar-refractivity contribution in [3.8, 4) is 11.4 Å². The summed E-state index contributed by atoms with van der Waals surface area (Å²) in [5.74, 6) is -0.0147. The topological polar surface area (TPSA) is 135 Å². The summed E-state index contributed by atoms with van der Waals surface area (Å²) >= 11 is 0. The number of nitrogens with one attached hydrogen (secondary N) is 1. The average Bonchev–Trinajstić information content (AvgIpc) is 2.98. The summed E-state index contributed by atoms with van der Waals surface area (Å²) in [6.45, 7) is 0.640. The van der Waals surface area contributed by atoms with Gasteiger partial charge in [0.2, 0.25) is 11.8 Å². The van der Waals surface area contributed by atoms with Gasteiger partial charge >= 0.3 is 0 Å². The summed E-state index contributed by atoms with van der Waals surface area (Å²) < 4.78 is 23.0. The first-order valence-corrected chi connectivity index (χ1v) is 10.7. The first-order valence-electron chi connectivity index (χ1n) is 8.69. The van der Waals surface area contributed by atoms with Crippen LogP contribution in [0.25, 0.3) is 11.4 Å². The average molecular weight is 403 g/mol. The molecule has 0 atom stereocenters. The second-order valence-corrected chi connectivity index (χ2v) is 8.86. The molecule has 0 spiro atoms. The molecule has 2 heterocycles. The molecule has 3 rings (SSSR count). The van der Waals surface area contributed by atoms with E-state index in [0.717, 1.165) is 12.7 Å². The summed E-state index contributed by atoms with van der Waals surface area (Å²) in [6, 6.07) is 8.20. The largest absolute Gasteiger partial charge is 0.384 e. The van der Waals surface area contributed by atoms with Crippen LogP contribution in [0.5, 0.6) is 0 Å². The van der Waals surface area contributed by atoms with Crippen LogP contribution in [0.15, 0.2) is 30.3 Å². The first kappa shape index (κ1) is 19.7. The molecule has 1 aromatic heterocycles. The van der Waals surface area contributed by atoms with Crippen LogP contribution in [0.1, 0.15) is 18.5 Å². The zero-order valence-corrected chi connectivity index (χ0v) is 16.2. The second kappa shape index (κ2) is 7.93. The minimum absolute atomic E-state index is 0.00536. The van der Waals surface area contributed by atoms with E-state index >= 15 is 0 Å². The van der Waals surface area contributed by atoms with E-state index in [1.54, 1.807) is 24.3 Å². The quantitative estimate of drug-likeness (QED) is 0.729. The molecule has 9 nitrogen and oxygen atoms in total. The van der Waals surface area contributed by atoms with E-state index in [0.29, 0.717) is 35.7 Å². The van der Waals surface area contributed by atoms with E-state index in [2.05, 4.69) is 15.3 Å². The Morgan fingerprint density at radius 2 is 1.96 bits per heavy atom. The predicted molar refractivity (Wildman–Crippen MR) is 105 cm³/mol. The third-order valence-corrected chi connectivity index (χ3v) is 4.96. The highest BCUT2D eigenvalue weighted by atomic mass is 32.2.